The van der Waals surface area contributed by atoms with Crippen LogP contribution in [0.15, 0.2) is 0 Å². The Balaban J connectivity index is 2.16. The fraction of sp³-hybridized carbons (Fsp3) is 0.700. The maximum atomic E-state index is 12.2. The predicted molar refractivity (Wildman–Crippen MR) is 62.7 cm³/mol. The first-order chi connectivity index (χ1) is 7.61. The van der Waals surface area contributed by atoms with Gasteiger partial charge in [0.05, 0.1) is 11.7 Å². The first kappa shape index (κ1) is 11.5. The Labute approximate surface area is 99.0 Å². The second-order valence-corrected chi connectivity index (χ2v) is 5.12. The molecule has 1 aromatic heterocycles. The zero-order chi connectivity index (χ0) is 11.7. The van der Waals surface area contributed by atoms with Gasteiger partial charge in [-0.05, 0) is 17.5 Å². The number of hydrogen-bond acceptors (Lipinski definition) is 5. The van der Waals surface area contributed by atoms with E-state index in [1.165, 1.54) is 11.5 Å². The first-order valence-electron chi connectivity index (χ1n) is 5.41. The van der Waals surface area contributed by atoms with E-state index in [-0.39, 0.29) is 11.8 Å². The van der Waals surface area contributed by atoms with Crippen molar-refractivity contribution in [2.24, 2.45) is 0 Å². The van der Waals surface area contributed by atoms with Crippen LogP contribution in [-0.2, 0) is 0 Å². The van der Waals surface area contributed by atoms with Crippen LogP contribution in [0.1, 0.15) is 35.1 Å². The van der Waals surface area contributed by atoms with Gasteiger partial charge in [-0.3, -0.25) is 4.79 Å². The molecule has 1 fully saturated rings. The van der Waals surface area contributed by atoms with E-state index >= 15 is 0 Å². The van der Waals surface area contributed by atoms with E-state index in [2.05, 4.69) is 14.9 Å². The highest BCUT2D eigenvalue weighted by Gasteiger charge is 2.29. The minimum atomic E-state index is 0.0465. The fourth-order valence-electron chi connectivity index (χ4n) is 1.60. The van der Waals surface area contributed by atoms with Crippen molar-refractivity contribution in [3.8, 4) is 0 Å². The number of nitrogens with one attached hydrogen (secondary N) is 1. The lowest BCUT2D eigenvalue weighted by atomic mass is 10.1. The fourth-order valence-corrected chi connectivity index (χ4v) is 2.40. The number of nitrogens with zero attached hydrogens (tertiary/aromatic N) is 3. The summed E-state index contributed by atoms with van der Waals surface area (Å²) < 4.78 is 3.88. The molecule has 0 unspecified atom stereocenters. The summed E-state index contributed by atoms with van der Waals surface area (Å²) in [6.45, 7) is 5.81. The van der Waals surface area contributed by atoms with Crippen molar-refractivity contribution in [1.29, 1.82) is 0 Å². The average Bonchev–Trinajstić information content (AvgIpc) is 2.61. The quantitative estimate of drug-likeness (QED) is 0.845. The van der Waals surface area contributed by atoms with Crippen molar-refractivity contribution in [3.05, 3.63) is 10.6 Å². The maximum Gasteiger partial charge on any atom is 0.267 e. The van der Waals surface area contributed by atoms with E-state index in [1.54, 1.807) is 4.90 Å². The van der Waals surface area contributed by atoms with E-state index in [0.717, 1.165) is 18.8 Å². The topological polar surface area (TPSA) is 58.1 Å². The molecule has 0 saturated carbocycles. The molecule has 1 aliphatic rings. The van der Waals surface area contributed by atoms with Crippen LogP contribution in [0.5, 0.6) is 0 Å². The zero-order valence-corrected chi connectivity index (χ0v) is 10.5. The number of aromatic nitrogens is 2. The lowest BCUT2D eigenvalue weighted by Crippen LogP contribution is -2.57. The lowest BCUT2D eigenvalue weighted by Gasteiger charge is -2.35. The summed E-state index contributed by atoms with van der Waals surface area (Å²) in [5, 5.41) is 7.19. The Bertz CT molecular complexity index is 386. The van der Waals surface area contributed by atoms with E-state index in [0.29, 0.717) is 10.9 Å². The van der Waals surface area contributed by atoms with Crippen molar-refractivity contribution < 1.29 is 4.79 Å². The largest absolute Gasteiger partial charge is 0.335 e. The first-order valence-corrected chi connectivity index (χ1v) is 6.18. The van der Waals surface area contributed by atoms with Gasteiger partial charge in [-0.2, -0.15) is 0 Å². The van der Waals surface area contributed by atoms with Gasteiger partial charge in [-0.1, -0.05) is 18.3 Å². The predicted octanol–water partition coefficient (Wildman–Crippen LogP) is 0.705. The number of hydrogen-bond donors (Lipinski definition) is 1. The summed E-state index contributed by atoms with van der Waals surface area (Å²) in [4.78, 5) is 14.7. The SMILES string of the molecule is CC(C)c1nnsc1C(=O)N(C)C1CNC1. The summed E-state index contributed by atoms with van der Waals surface area (Å²) in [6.07, 6.45) is 0. The smallest absolute Gasteiger partial charge is 0.267 e. The van der Waals surface area contributed by atoms with Crippen LogP contribution in [0, 0.1) is 0 Å². The number of amides is 1. The van der Waals surface area contributed by atoms with Crippen molar-refractivity contribution in [2.45, 2.75) is 25.8 Å². The summed E-state index contributed by atoms with van der Waals surface area (Å²) in [6, 6.07) is 0.314. The van der Waals surface area contributed by atoms with Crippen molar-refractivity contribution in [1.82, 2.24) is 19.8 Å². The number of carbonyl (C=O) groups is 1. The molecule has 2 heterocycles. The highest BCUT2D eigenvalue weighted by Crippen LogP contribution is 2.22. The van der Waals surface area contributed by atoms with Crippen LogP contribution in [0.25, 0.3) is 0 Å². The van der Waals surface area contributed by atoms with E-state index in [1.807, 2.05) is 20.9 Å². The summed E-state index contributed by atoms with van der Waals surface area (Å²) in [5.74, 6) is 0.288. The molecule has 0 aliphatic carbocycles. The molecule has 5 nitrogen and oxygen atoms in total. The van der Waals surface area contributed by atoms with Crippen LogP contribution >= 0.6 is 11.5 Å². The molecule has 88 valence electrons. The third-order valence-corrected chi connectivity index (χ3v) is 3.61. The Kier molecular flexibility index (Phi) is 3.20. The summed E-state index contributed by atoms with van der Waals surface area (Å²) >= 11 is 1.19. The molecule has 16 heavy (non-hydrogen) atoms. The van der Waals surface area contributed by atoms with E-state index in [9.17, 15) is 4.79 Å². The Morgan fingerprint density at radius 3 is 2.75 bits per heavy atom. The van der Waals surface area contributed by atoms with Crippen LogP contribution in [-0.4, -0.2) is 46.6 Å². The molecule has 6 heteroatoms. The third kappa shape index (κ3) is 1.94. The maximum absolute atomic E-state index is 12.2. The number of carbonyl (C=O) groups excluding carboxylic acids is 1. The molecular weight excluding hydrogens is 224 g/mol. The Morgan fingerprint density at radius 1 is 1.56 bits per heavy atom. The second kappa shape index (κ2) is 4.47. The molecule has 0 bridgehead atoms. The van der Waals surface area contributed by atoms with Gasteiger partial charge in [-0.15, -0.1) is 5.10 Å². The van der Waals surface area contributed by atoms with Gasteiger partial charge in [0.25, 0.3) is 5.91 Å². The van der Waals surface area contributed by atoms with Crippen LogP contribution in [0.2, 0.25) is 0 Å². The van der Waals surface area contributed by atoms with Crippen molar-refractivity contribution in [3.63, 3.8) is 0 Å². The highest BCUT2D eigenvalue weighted by molar-refractivity contribution is 7.08. The van der Waals surface area contributed by atoms with Crippen LogP contribution < -0.4 is 5.32 Å². The summed E-state index contributed by atoms with van der Waals surface area (Å²) in [7, 11) is 1.84. The monoisotopic (exact) mass is 240 g/mol. The number of likely N-dealkylation sites (N-methyl/N-ethyl adjacent to an activating group) is 1. The average molecular weight is 240 g/mol. The molecule has 0 atom stereocenters. The molecule has 1 aromatic rings. The molecule has 0 spiro atoms. The molecule has 2 rings (SSSR count). The van der Waals surface area contributed by atoms with Gasteiger partial charge in [0, 0.05) is 20.1 Å². The van der Waals surface area contributed by atoms with E-state index in [4.69, 9.17) is 0 Å². The van der Waals surface area contributed by atoms with Crippen LogP contribution in [0.3, 0.4) is 0 Å². The Morgan fingerprint density at radius 2 is 2.25 bits per heavy atom. The normalized spacial score (nSPS) is 16.2. The van der Waals surface area contributed by atoms with Gasteiger partial charge < -0.3 is 10.2 Å². The third-order valence-electron chi connectivity index (χ3n) is 2.88. The summed E-state index contributed by atoms with van der Waals surface area (Å²) in [5.41, 5.74) is 0.814. The molecule has 1 aliphatic heterocycles. The molecule has 1 amide bonds. The van der Waals surface area contributed by atoms with Gasteiger partial charge in [0.2, 0.25) is 0 Å². The van der Waals surface area contributed by atoms with Gasteiger partial charge in [-0.25, -0.2) is 0 Å². The minimum Gasteiger partial charge on any atom is -0.335 e. The lowest BCUT2D eigenvalue weighted by molar-refractivity contribution is 0.0684. The molecule has 0 radical (unpaired) electrons. The highest BCUT2D eigenvalue weighted by atomic mass is 32.1. The van der Waals surface area contributed by atoms with Gasteiger partial charge in [0.15, 0.2) is 0 Å². The second-order valence-electron chi connectivity index (χ2n) is 4.37. The molecular formula is C10H16N4OS. The van der Waals surface area contributed by atoms with E-state index < -0.39 is 0 Å². The minimum absolute atomic E-state index is 0.0465. The number of rotatable bonds is 3. The molecule has 1 saturated heterocycles. The van der Waals surface area contributed by atoms with Crippen molar-refractivity contribution in [2.75, 3.05) is 20.1 Å². The van der Waals surface area contributed by atoms with Crippen LogP contribution in [0.4, 0.5) is 0 Å². The van der Waals surface area contributed by atoms with Gasteiger partial charge >= 0.3 is 0 Å². The Hall–Kier alpha value is -1.01. The standard InChI is InChI=1S/C10H16N4OS/c1-6(2)8-9(16-13-12-8)10(15)14(3)7-4-11-5-7/h6-7,11H,4-5H2,1-3H3. The van der Waals surface area contributed by atoms with Gasteiger partial charge in [0.1, 0.15) is 4.88 Å². The molecule has 0 aromatic carbocycles. The zero-order valence-electron chi connectivity index (χ0n) is 9.73. The van der Waals surface area contributed by atoms with Crippen molar-refractivity contribution >= 4 is 17.4 Å². The molecule has 1 N–H and O–H groups in total.